The molecule has 166 valence electrons. The van der Waals surface area contributed by atoms with Gasteiger partial charge in [-0.25, -0.2) is 8.42 Å². The molecule has 6 nitrogen and oxygen atoms in total. The topological polar surface area (TPSA) is 83.6 Å². The number of likely N-dealkylation sites (tertiary alicyclic amines) is 1. The van der Waals surface area contributed by atoms with E-state index in [2.05, 4.69) is 5.32 Å². The predicted molar refractivity (Wildman–Crippen MR) is 121 cm³/mol. The predicted octanol–water partition coefficient (Wildman–Crippen LogP) is 2.97. The van der Waals surface area contributed by atoms with Crippen LogP contribution in [0.3, 0.4) is 0 Å². The molecule has 0 saturated carbocycles. The maximum Gasteiger partial charge on any atom is 0.253 e. The summed E-state index contributed by atoms with van der Waals surface area (Å²) in [4.78, 5) is 27.0. The minimum Gasteiger partial charge on any atom is -0.356 e. The minimum atomic E-state index is -3.22. The summed E-state index contributed by atoms with van der Waals surface area (Å²) in [7, 11) is -3.22. The molecule has 1 saturated heterocycles. The van der Waals surface area contributed by atoms with Crippen molar-refractivity contribution in [3.8, 4) is 0 Å². The van der Waals surface area contributed by atoms with Gasteiger partial charge in [0, 0.05) is 25.2 Å². The van der Waals surface area contributed by atoms with E-state index < -0.39 is 9.84 Å². The number of carbonyl (C=O) groups is 2. The Balaban J connectivity index is 1.43. The van der Waals surface area contributed by atoms with Crippen molar-refractivity contribution in [3.05, 3.63) is 71.3 Å². The van der Waals surface area contributed by atoms with Crippen LogP contribution in [0.2, 0.25) is 0 Å². The lowest BCUT2D eigenvalue weighted by Gasteiger charge is -2.32. The fraction of sp³-hybridized carbons (Fsp3) is 0.417. The van der Waals surface area contributed by atoms with Crippen LogP contribution in [0, 0.1) is 12.8 Å². The largest absolute Gasteiger partial charge is 0.356 e. The molecule has 31 heavy (non-hydrogen) atoms. The van der Waals surface area contributed by atoms with Crippen molar-refractivity contribution >= 4 is 21.7 Å². The molecule has 2 aromatic rings. The van der Waals surface area contributed by atoms with Gasteiger partial charge in [-0.1, -0.05) is 48.0 Å². The van der Waals surface area contributed by atoms with Crippen LogP contribution in [0.5, 0.6) is 0 Å². The van der Waals surface area contributed by atoms with Crippen molar-refractivity contribution in [2.75, 3.05) is 25.4 Å². The van der Waals surface area contributed by atoms with E-state index in [1.165, 1.54) is 0 Å². The average molecular weight is 443 g/mol. The monoisotopic (exact) mass is 442 g/mol. The summed E-state index contributed by atoms with van der Waals surface area (Å²) in [6, 6.07) is 16.5. The van der Waals surface area contributed by atoms with E-state index in [0.717, 1.165) is 24.0 Å². The molecule has 1 atom stereocenters. The fourth-order valence-corrected chi connectivity index (χ4v) is 5.23. The van der Waals surface area contributed by atoms with Gasteiger partial charge in [-0.15, -0.1) is 0 Å². The molecular weight excluding hydrogens is 412 g/mol. The van der Waals surface area contributed by atoms with E-state index in [1.807, 2.05) is 49.4 Å². The van der Waals surface area contributed by atoms with E-state index >= 15 is 0 Å². The molecule has 0 aromatic heterocycles. The maximum absolute atomic E-state index is 12.7. The van der Waals surface area contributed by atoms with Crippen LogP contribution in [0.1, 0.15) is 40.7 Å². The Labute approximate surface area is 184 Å². The molecule has 1 fully saturated rings. The quantitative estimate of drug-likeness (QED) is 0.637. The second-order valence-corrected chi connectivity index (χ2v) is 10.4. The summed E-state index contributed by atoms with van der Waals surface area (Å²) in [5, 5.41) is 2.85. The van der Waals surface area contributed by atoms with Gasteiger partial charge < -0.3 is 10.2 Å². The van der Waals surface area contributed by atoms with Gasteiger partial charge in [0.15, 0.2) is 9.84 Å². The van der Waals surface area contributed by atoms with Crippen LogP contribution in [-0.4, -0.2) is 50.5 Å². The van der Waals surface area contributed by atoms with E-state index in [1.54, 1.807) is 17.0 Å². The number of hydrogen-bond acceptors (Lipinski definition) is 4. The lowest BCUT2D eigenvalue weighted by atomic mass is 9.96. The minimum absolute atomic E-state index is 0.0144. The molecule has 0 radical (unpaired) electrons. The van der Waals surface area contributed by atoms with Crippen LogP contribution in [-0.2, 0) is 20.4 Å². The molecule has 7 heteroatoms. The summed E-state index contributed by atoms with van der Waals surface area (Å²) < 4.78 is 24.5. The number of sulfone groups is 1. The van der Waals surface area contributed by atoms with Crippen molar-refractivity contribution in [1.82, 2.24) is 10.2 Å². The summed E-state index contributed by atoms with van der Waals surface area (Å²) in [6.45, 7) is 3.33. The van der Waals surface area contributed by atoms with E-state index in [9.17, 15) is 18.0 Å². The van der Waals surface area contributed by atoms with Crippen LogP contribution in [0.15, 0.2) is 54.6 Å². The highest BCUT2D eigenvalue weighted by Crippen LogP contribution is 2.19. The Bertz CT molecular complexity index is 988. The zero-order valence-electron chi connectivity index (χ0n) is 17.9. The molecule has 0 bridgehead atoms. The number of aryl methyl sites for hydroxylation is 1. The zero-order chi connectivity index (χ0) is 22.3. The van der Waals surface area contributed by atoms with Crippen LogP contribution < -0.4 is 5.32 Å². The van der Waals surface area contributed by atoms with Gasteiger partial charge in [0.2, 0.25) is 5.91 Å². The molecular formula is C24H30N2O4S. The molecule has 0 spiro atoms. The molecule has 3 rings (SSSR count). The first kappa shape index (κ1) is 23.0. The highest BCUT2D eigenvalue weighted by Gasteiger charge is 2.28. The molecule has 0 aliphatic carbocycles. The van der Waals surface area contributed by atoms with Crippen molar-refractivity contribution in [1.29, 1.82) is 0 Å². The molecule has 1 aliphatic rings. The lowest BCUT2D eigenvalue weighted by molar-refractivity contribution is -0.126. The van der Waals surface area contributed by atoms with Crippen molar-refractivity contribution < 1.29 is 18.0 Å². The number of nitrogens with one attached hydrogen (secondary N) is 1. The van der Waals surface area contributed by atoms with E-state index in [-0.39, 0.29) is 29.2 Å². The van der Waals surface area contributed by atoms with Gasteiger partial charge in [-0.05, 0) is 43.9 Å². The average Bonchev–Trinajstić information content (AvgIpc) is 2.77. The van der Waals surface area contributed by atoms with Crippen LogP contribution in [0.25, 0.3) is 0 Å². The Hall–Kier alpha value is -2.67. The molecule has 2 aromatic carbocycles. The summed E-state index contributed by atoms with van der Waals surface area (Å²) in [5.41, 5.74) is 2.50. The van der Waals surface area contributed by atoms with Gasteiger partial charge in [0.25, 0.3) is 5.91 Å². The molecule has 1 unspecified atom stereocenters. The number of nitrogens with zero attached hydrogens (tertiary/aromatic N) is 1. The Morgan fingerprint density at radius 2 is 1.77 bits per heavy atom. The number of hydrogen-bond donors (Lipinski definition) is 1. The molecule has 1 aliphatic heterocycles. The standard InChI is InChI=1S/C24H30N2O4S/c1-19-10-12-21(13-11-19)24(28)26-15-5-9-22(17-26)23(27)25-14-6-16-31(29,30)18-20-7-3-2-4-8-20/h2-4,7-8,10-13,22H,5-6,9,14-18H2,1H3,(H,25,27). The molecule has 2 amide bonds. The van der Waals surface area contributed by atoms with Gasteiger partial charge in [0.05, 0.1) is 17.4 Å². The van der Waals surface area contributed by atoms with Crippen molar-refractivity contribution in [2.24, 2.45) is 5.92 Å². The third-order valence-electron chi connectivity index (χ3n) is 5.54. The smallest absolute Gasteiger partial charge is 0.253 e. The molecule has 1 N–H and O–H groups in total. The lowest BCUT2D eigenvalue weighted by Crippen LogP contribution is -2.45. The van der Waals surface area contributed by atoms with Gasteiger partial charge in [-0.3, -0.25) is 9.59 Å². The second-order valence-electron chi connectivity index (χ2n) is 8.18. The summed E-state index contributed by atoms with van der Waals surface area (Å²) >= 11 is 0. The first-order chi connectivity index (χ1) is 14.8. The fourth-order valence-electron chi connectivity index (χ4n) is 3.80. The molecule has 1 heterocycles. The number of piperidine rings is 1. The van der Waals surface area contributed by atoms with Crippen molar-refractivity contribution in [2.45, 2.75) is 31.9 Å². The van der Waals surface area contributed by atoms with E-state index in [4.69, 9.17) is 0 Å². The van der Waals surface area contributed by atoms with Crippen molar-refractivity contribution in [3.63, 3.8) is 0 Å². The first-order valence-corrected chi connectivity index (χ1v) is 12.5. The Kier molecular flexibility index (Phi) is 7.85. The number of carbonyl (C=O) groups excluding carboxylic acids is 2. The maximum atomic E-state index is 12.7. The summed E-state index contributed by atoms with van der Waals surface area (Å²) in [6.07, 6.45) is 1.89. The number of benzene rings is 2. The Morgan fingerprint density at radius 3 is 2.48 bits per heavy atom. The second kappa shape index (κ2) is 10.6. The number of rotatable bonds is 8. The van der Waals surface area contributed by atoms with E-state index in [0.29, 0.717) is 31.6 Å². The normalized spacial score (nSPS) is 16.7. The SMILES string of the molecule is Cc1ccc(C(=O)N2CCCC(C(=O)NCCCS(=O)(=O)Cc3ccccc3)C2)cc1. The van der Waals surface area contributed by atoms with Crippen LogP contribution >= 0.6 is 0 Å². The zero-order valence-corrected chi connectivity index (χ0v) is 18.7. The highest BCUT2D eigenvalue weighted by atomic mass is 32.2. The van der Waals surface area contributed by atoms with Gasteiger partial charge >= 0.3 is 0 Å². The first-order valence-electron chi connectivity index (χ1n) is 10.7. The van der Waals surface area contributed by atoms with Crippen LogP contribution in [0.4, 0.5) is 0 Å². The Morgan fingerprint density at radius 1 is 1.06 bits per heavy atom. The third kappa shape index (κ3) is 6.92. The van der Waals surface area contributed by atoms with Gasteiger partial charge in [-0.2, -0.15) is 0 Å². The summed E-state index contributed by atoms with van der Waals surface area (Å²) in [5.74, 6) is -0.374. The number of amides is 2. The van der Waals surface area contributed by atoms with Gasteiger partial charge in [0.1, 0.15) is 0 Å². The third-order valence-corrected chi connectivity index (χ3v) is 7.22. The highest BCUT2D eigenvalue weighted by molar-refractivity contribution is 7.90.